The number of anilines is 1. The Kier molecular flexibility index (Phi) is 6.20. The molecule has 148 valence electrons. The number of carbonyl (C=O) groups is 2. The second kappa shape index (κ2) is 8.20. The average Bonchev–Trinajstić information content (AvgIpc) is 2.64. The molecule has 27 heavy (non-hydrogen) atoms. The minimum atomic E-state index is -4.68. The number of nitro benzene ring substituents is 1. The summed E-state index contributed by atoms with van der Waals surface area (Å²) in [4.78, 5) is 36.4. The van der Waals surface area contributed by atoms with Crippen molar-refractivity contribution < 1.29 is 27.7 Å². The van der Waals surface area contributed by atoms with Crippen LogP contribution in [0.5, 0.6) is 0 Å². The summed E-state index contributed by atoms with van der Waals surface area (Å²) in [5, 5.41) is 13.5. The normalized spacial score (nSPS) is 14.8. The molecular weight excluding hydrogens is 371 g/mol. The molecule has 0 bridgehead atoms. The molecule has 0 unspecified atom stereocenters. The van der Waals surface area contributed by atoms with Crippen LogP contribution in [0.3, 0.4) is 0 Å². The van der Waals surface area contributed by atoms with Crippen molar-refractivity contribution in [2.24, 2.45) is 5.73 Å². The minimum absolute atomic E-state index is 0.0662. The molecule has 0 atom stereocenters. The van der Waals surface area contributed by atoms with E-state index in [0.29, 0.717) is 6.07 Å². The van der Waals surface area contributed by atoms with Gasteiger partial charge in [0, 0.05) is 32.2 Å². The zero-order valence-electron chi connectivity index (χ0n) is 14.2. The predicted octanol–water partition coefficient (Wildman–Crippen LogP) is 0.337. The smallest absolute Gasteiger partial charge is 0.362 e. The SMILES string of the molecule is NCC(=O)NCC(=O)N1CCN(c2ccc(C(F)(F)F)cc2[N+](=O)[O-])CC1. The Morgan fingerprint density at radius 3 is 2.37 bits per heavy atom. The maximum atomic E-state index is 12.8. The Morgan fingerprint density at radius 1 is 1.22 bits per heavy atom. The van der Waals surface area contributed by atoms with Gasteiger partial charge in [0.1, 0.15) is 5.69 Å². The monoisotopic (exact) mass is 389 g/mol. The number of hydrogen-bond acceptors (Lipinski definition) is 6. The molecule has 1 heterocycles. The molecule has 0 spiro atoms. The molecule has 1 aromatic carbocycles. The highest BCUT2D eigenvalue weighted by molar-refractivity contribution is 5.85. The van der Waals surface area contributed by atoms with E-state index in [-0.39, 0.29) is 50.9 Å². The lowest BCUT2D eigenvalue weighted by atomic mass is 10.1. The maximum Gasteiger partial charge on any atom is 0.416 e. The van der Waals surface area contributed by atoms with E-state index >= 15 is 0 Å². The number of halogens is 3. The zero-order chi connectivity index (χ0) is 20.2. The lowest BCUT2D eigenvalue weighted by Crippen LogP contribution is -2.51. The molecule has 3 N–H and O–H groups in total. The standard InChI is InChI=1S/C15H18F3N5O4/c16-15(17,18)10-1-2-11(12(7-10)23(26)27)21-3-5-22(6-4-21)14(25)9-20-13(24)8-19/h1-2,7H,3-6,8-9,19H2,(H,20,24). The lowest BCUT2D eigenvalue weighted by Gasteiger charge is -2.36. The largest absolute Gasteiger partial charge is 0.416 e. The van der Waals surface area contributed by atoms with Crippen molar-refractivity contribution in [2.75, 3.05) is 44.2 Å². The van der Waals surface area contributed by atoms with Crippen molar-refractivity contribution in [1.82, 2.24) is 10.2 Å². The van der Waals surface area contributed by atoms with Gasteiger partial charge in [-0.05, 0) is 12.1 Å². The number of piperazine rings is 1. The molecule has 12 heteroatoms. The van der Waals surface area contributed by atoms with Gasteiger partial charge in [-0.15, -0.1) is 0 Å². The van der Waals surface area contributed by atoms with Crippen molar-refractivity contribution in [3.05, 3.63) is 33.9 Å². The van der Waals surface area contributed by atoms with Gasteiger partial charge in [-0.1, -0.05) is 0 Å². The summed E-state index contributed by atoms with van der Waals surface area (Å²) in [6, 6.07) is 2.37. The molecule has 0 saturated carbocycles. The molecule has 1 saturated heterocycles. The number of alkyl halides is 3. The van der Waals surface area contributed by atoms with Crippen molar-refractivity contribution in [1.29, 1.82) is 0 Å². The molecule has 2 rings (SSSR count). The molecule has 1 aromatic rings. The van der Waals surface area contributed by atoms with E-state index in [9.17, 15) is 32.9 Å². The van der Waals surface area contributed by atoms with Crippen LogP contribution in [0.25, 0.3) is 0 Å². The Bertz CT molecular complexity index is 733. The number of nitrogens with zero attached hydrogens (tertiary/aromatic N) is 3. The molecule has 2 amide bonds. The van der Waals surface area contributed by atoms with Gasteiger partial charge in [0.05, 0.1) is 23.6 Å². The highest BCUT2D eigenvalue weighted by atomic mass is 19.4. The molecule has 0 aliphatic carbocycles. The van der Waals surface area contributed by atoms with E-state index < -0.39 is 28.3 Å². The first-order valence-electron chi connectivity index (χ1n) is 7.98. The predicted molar refractivity (Wildman–Crippen MR) is 89.0 cm³/mol. The Balaban J connectivity index is 2.06. The van der Waals surface area contributed by atoms with Gasteiger partial charge in [0.25, 0.3) is 5.69 Å². The van der Waals surface area contributed by atoms with Crippen LogP contribution in [0.4, 0.5) is 24.5 Å². The zero-order valence-corrected chi connectivity index (χ0v) is 14.2. The van der Waals surface area contributed by atoms with E-state index in [1.165, 1.54) is 4.90 Å². The van der Waals surface area contributed by atoms with Crippen molar-refractivity contribution >= 4 is 23.2 Å². The second-order valence-electron chi connectivity index (χ2n) is 5.81. The molecule has 9 nitrogen and oxygen atoms in total. The number of nitrogens with one attached hydrogen (secondary N) is 1. The van der Waals surface area contributed by atoms with Crippen LogP contribution in [0.2, 0.25) is 0 Å². The van der Waals surface area contributed by atoms with Crippen LogP contribution in [-0.2, 0) is 15.8 Å². The fraction of sp³-hybridized carbons (Fsp3) is 0.467. The quantitative estimate of drug-likeness (QED) is 0.553. The third-order valence-corrected chi connectivity index (χ3v) is 4.09. The molecular formula is C15H18F3N5O4. The lowest BCUT2D eigenvalue weighted by molar-refractivity contribution is -0.384. The van der Waals surface area contributed by atoms with Gasteiger partial charge in [-0.2, -0.15) is 13.2 Å². The minimum Gasteiger partial charge on any atom is -0.362 e. The molecule has 1 aliphatic rings. The summed E-state index contributed by atoms with van der Waals surface area (Å²) in [6.07, 6.45) is -4.68. The van der Waals surface area contributed by atoms with Crippen LogP contribution in [0, 0.1) is 10.1 Å². The second-order valence-corrected chi connectivity index (χ2v) is 5.81. The van der Waals surface area contributed by atoms with E-state index in [1.54, 1.807) is 4.90 Å². The van der Waals surface area contributed by atoms with E-state index in [2.05, 4.69) is 5.32 Å². The summed E-state index contributed by atoms with van der Waals surface area (Å²) in [5.74, 6) is -0.805. The number of rotatable bonds is 5. The molecule has 0 aromatic heterocycles. The summed E-state index contributed by atoms with van der Waals surface area (Å²) in [7, 11) is 0. The first-order chi connectivity index (χ1) is 12.6. The molecule has 1 fully saturated rings. The van der Waals surface area contributed by atoms with E-state index in [1.807, 2.05) is 0 Å². The van der Waals surface area contributed by atoms with Crippen LogP contribution in [-0.4, -0.2) is 60.9 Å². The Labute approximate surface area is 152 Å². The van der Waals surface area contributed by atoms with Crippen LogP contribution in [0.1, 0.15) is 5.56 Å². The first-order valence-corrected chi connectivity index (χ1v) is 7.98. The van der Waals surface area contributed by atoms with Gasteiger partial charge in [-0.3, -0.25) is 19.7 Å². The third-order valence-electron chi connectivity index (χ3n) is 4.09. The topological polar surface area (TPSA) is 122 Å². The molecule has 1 aliphatic heterocycles. The number of amides is 2. The summed E-state index contributed by atoms with van der Waals surface area (Å²) in [6.45, 7) is 0.408. The number of hydrogen-bond donors (Lipinski definition) is 2. The van der Waals surface area contributed by atoms with Crippen molar-refractivity contribution in [3.8, 4) is 0 Å². The summed E-state index contributed by atoms with van der Waals surface area (Å²) >= 11 is 0. The first kappa shape index (κ1) is 20.4. The van der Waals surface area contributed by atoms with Crippen molar-refractivity contribution in [2.45, 2.75) is 6.18 Å². The molecule has 0 radical (unpaired) electrons. The number of nitro groups is 1. The summed E-state index contributed by atoms with van der Waals surface area (Å²) < 4.78 is 38.3. The fourth-order valence-electron chi connectivity index (χ4n) is 2.67. The maximum absolute atomic E-state index is 12.8. The average molecular weight is 389 g/mol. The number of benzene rings is 1. The highest BCUT2D eigenvalue weighted by Gasteiger charge is 2.34. The van der Waals surface area contributed by atoms with Crippen LogP contribution in [0.15, 0.2) is 18.2 Å². The Morgan fingerprint density at radius 2 is 1.85 bits per heavy atom. The Hall–Kier alpha value is -2.89. The number of nitrogens with two attached hydrogens (primary N) is 1. The van der Waals surface area contributed by atoms with E-state index in [4.69, 9.17) is 5.73 Å². The highest BCUT2D eigenvalue weighted by Crippen LogP contribution is 2.36. The summed E-state index contributed by atoms with van der Waals surface area (Å²) in [5.41, 5.74) is 3.46. The van der Waals surface area contributed by atoms with Crippen molar-refractivity contribution in [3.63, 3.8) is 0 Å². The van der Waals surface area contributed by atoms with Gasteiger partial charge >= 0.3 is 6.18 Å². The van der Waals surface area contributed by atoms with Gasteiger partial charge in [-0.25, -0.2) is 0 Å². The number of carbonyl (C=O) groups excluding carboxylic acids is 2. The van der Waals surface area contributed by atoms with Gasteiger partial charge in [0.15, 0.2) is 0 Å². The third kappa shape index (κ3) is 5.06. The van der Waals surface area contributed by atoms with Gasteiger partial charge in [0.2, 0.25) is 11.8 Å². The van der Waals surface area contributed by atoms with E-state index in [0.717, 1.165) is 12.1 Å². The van der Waals surface area contributed by atoms with Crippen LogP contribution < -0.4 is 16.0 Å². The van der Waals surface area contributed by atoms with Crippen LogP contribution >= 0.6 is 0 Å². The fourth-order valence-corrected chi connectivity index (χ4v) is 2.67. The van der Waals surface area contributed by atoms with Gasteiger partial charge < -0.3 is 20.9 Å².